The number of carbonyl (C=O) groups is 1. The van der Waals surface area contributed by atoms with Crippen molar-refractivity contribution >= 4 is 34.3 Å². The number of benzene rings is 2. The Morgan fingerprint density at radius 3 is 2.62 bits per heavy atom. The van der Waals surface area contributed by atoms with Gasteiger partial charge in [-0.1, -0.05) is 29.8 Å². The number of carbonyl (C=O) groups excluding carboxylic acids is 1. The zero-order valence-electron chi connectivity index (χ0n) is 13.0. The van der Waals surface area contributed by atoms with Crippen molar-refractivity contribution in [1.82, 2.24) is 5.32 Å². The molecule has 0 radical (unpaired) electrons. The van der Waals surface area contributed by atoms with Crippen LogP contribution in [0.15, 0.2) is 59.0 Å². The van der Waals surface area contributed by atoms with E-state index in [9.17, 15) is 9.90 Å². The fourth-order valence-corrected chi connectivity index (χ4v) is 2.42. The van der Waals surface area contributed by atoms with Crippen LogP contribution in [0.5, 0.6) is 0 Å². The third-order valence-corrected chi connectivity index (χ3v) is 3.90. The highest BCUT2D eigenvalue weighted by Gasteiger charge is 2.28. The van der Waals surface area contributed by atoms with Gasteiger partial charge in [0.1, 0.15) is 16.9 Å². The van der Waals surface area contributed by atoms with Gasteiger partial charge < -0.3 is 20.2 Å². The van der Waals surface area contributed by atoms with Crippen LogP contribution >= 0.6 is 11.6 Å². The summed E-state index contributed by atoms with van der Waals surface area (Å²) in [6, 6.07) is 15.6. The lowest BCUT2D eigenvalue weighted by Crippen LogP contribution is -2.40. The first-order chi connectivity index (χ1) is 11.4. The summed E-state index contributed by atoms with van der Waals surface area (Å²) in [4.78, 5) is 12.0. The first-order valence-corrected chi connectivity index (χ1v) is 7.84. The van der Waals surface area contributed by atoms with Gasteiger partial charge >= 0.3 is 6.03 Å². The second-order valence-electron chi connectivity index (χ2n) is 5.74. The lowest BCUT2D eigenvalue weighted by atomic mass is 10.0. The minimum atomic E-state index is -1.32. The summed E-state index contributed by atoms with van der Waals surface area (Å²) in [6.07, 6.45) is 0. The maximum atomic E-state index is 12.0. The molecule has 124 valence electrons. The molecule has 3 N–H and O–H groups in total. The van der Waals surface area contributed by atoms with Gasteiger partial charge in [0.05, 0.1) is 6.54 Å². The molecule has 3 aromatic rings. The van der Waals surface area contributed by atoms with Gasteiger partial charge in [-0.3, -0.25) is 0 Å². The van der Waals surface area contributed by atoms with Crippen LogP contribution in [-0.2, 0) is 5.60 Å². The van der Waals surface area contributed by atoms with Crippen molar-refractivity contribution < 1.29 is 14.3 Å². The van der Waals surface area contributed by atoms with Crippen LogP contribution in [0.2, 0.25) is 5.02 Å². The molecule has 1 atom stereocenters. The molecule has 0 fully saturated rings. The molecule has 0 aliphatic heterocycles. The topological polar surface area (TPSA) is 74.5 Å². The summed E-state index contributed by atoms with van der Waals surface area (Å²) in [5.74, 6) is 0.399. The fourth-order valence-electron chi connectivity index (χ4n) is 2.30. The van der Waals surface area contributed by atoms with Crippen LogP contribution in [0.1, 0.15) is 12.7 Å². The molecule has 2 amide bonds. The third kappa shape index (κ3) is 3.69. The van der Waals surface area contributed by atoms with E-state index in [-0.39, 0.29) is 6.54 Å². The molecule has 24 heavy (non-hydrogen) atoms. The summed E-state index contributed by atoms with van der Waals surface area (Å²) < 4.78 is 5.66. The summed E-state index contributed by atoms with van der Waals surface area (Å²) in [6.45, 7) is 1.60. The van der Waals surface area contributed by atoms with Crippen molar-refractivity contribution in [3.05, 3.63) is 65.4 Å². The zero-order chi connectivity index (χ0) is 17.2. The van der Waals surface area contributed by atoms with Gasteiger partial charge in [-0.25, -0.2) is 4.79 Å². The molecule has 0 bridgehead atoms. The number of aliphatic hydroxyl groups is 1. The number of furan rings is 1. The van der Waals surface area contributed by atoms with E-state index in [1.165, 1.54) is 0 Å². The van der Waals surface area contributed by atoms with E-state index < -0.39 is 11.6 Å². The fraction of sp³-hybridized carbons (Fsp3) is 0.167. The molecule has 1 heterocycles. The molecule has 3 rings (SSSR count). The second kappa shape index (κ2) is 6.55. The van der Waals surface area contributed by atoms with Gasteiger partial charge in [0.15, 0.2) is 0 Å². The first-order valence-electron chi connectivity index (χ1n) is 7.46. The van der Waals surface area contributed by atoms with Gasteiger partial charge in [-0.15, -0.1) is 0 Å². The van der Waals surface area contributed by atoms with E-state index in [0.29, 0.717) is 22.1 Å². The molecule has 0 saturated heterocycles. The summed E-state index contributed by atoms with van der Waals surface area (Å²) in [5.41, 5.74) is -0.0187. The van der Waals surface area contributed by atoms with E-state index in [2.05, 4.69) is 10.6 Å². The summed E-state index contributed by atoms with van der Waals surface area (Å²) in [7, 11) is 0. The molecule has 1 unspecified atom stereocenters. The number of hydrogen-bond donors (Lipinski definition) is 3. The normalized spacial score (nSPS) is 13.5. The lowest BCUT2D eigenvalue weighted by Gasteiger charge is -2.21. The number of nitrogens with one attached hydrogen (secondary N) is 2. The van der Waals surface area contributed by atoms with Gasteiger partial charge in [-0.05, 0) is 43.3 Å². The van der Waals surface area contributed by atoms with Crippen LogP contribution in [-0.4, -0.2) is 17.7 Å². The third-order valence-electron chi connectivity index (χ3n) is 3.65. The Hall–Kier alpha value is -2.50. The molecule has 0 aliphatic carbocycles. The number of hydrogen-bond acceptors (Lipinski definition) is 3. The second-order valence-corrected chi connectivity index (χ2v) is 6.17. The average molecular weight is 345 g/mol. The van der Waals surface area contributed by atoms with Gasteiger partial charge in [-0.2, -0.15) is 0 Å². The van der Waals surface area contributed by atoms with E-state index in [4.69, 9.17) is 16.0 Å². The first kappa shape index (κ1) is 16.4. The highest BCUT2D eigenvalue weighted by Crippen LogP contribution is 2.27. The van der Waals surface area contributed by atoms with Crippen molar-refractivity contribution in [2.45, 2.75) is 12.5 Å². The summed E-state index contributed by atoms with van der Waals surface area (Å²) >= 11 is 5.80. The molecule has 0 saturated carbocycles. The van der Waals surface area contributed by atoms with Crippen LogP contribution in [0.3, 0.4) is 0 Å². The quantitative estimate of drug-likeness (QED) is 0.666. The van der Waals surface area contributed by atoms with Crippen molar-refractivity contribution in [1.29, 1.82) is 0 Å². The standard InChI is InChI=1S/C18H17ClN2O3/c1-18(23,16-10-12-4-2-3-5-15(12)24-16)11-20-17(22)21-14-8-6-13(19)7-9-14/h2-10,23H,11H2,1H3,(H2,20,21,22). The molecule has 1 aromatic heterocycles. The van der Waals surface area contributed by atoms with Crippen molar-refractivity contribution in [2.24, 2.45) is 0 Å². The number of halogens is 1. The zero-order valence-corrected chi connectivity index (χ0v) is 13.8. The monoisotopic (exact) mass is 344 g/mol. The van der Waals surface area contributed by atoms with Crippen molar-refractivity contribution in [3.8, 4) is 0 Å². The van der Waals surface area contributed by atoms with E-state index >= 15 is 0 Å². The predicted octanol–water partition coefficient (Wildman–Crippen LogP) is 4.12. The molecule has 5 nitrogen and oxygen atoms in total. The maximum absolute atomic E-state index is 12.0. The Kier molecular flexibility index (Phi) is 4.46. The molecule has 2 aromatic carbocycles. The smallest absolute Gasteiger partial charge is 0.319 e. The number of para-hydroxylation sites is 1. The minimum Gasteiger partial charge on any atom is -0.458 e. The van der Waals surface area contributed by atoms with Crippen molar-refractivity contribution in [2.75, 3.05) is 11.9 Å². The lowest BCUT2D eigenvalue weighted by molar-refractivity contribution is 0.0388. The SMILES string of the molecule is CC(O)(CNC(=O)Nc1ccc(Cl)cc1)c1cc2ccccc2o1. The Balaban J connectivity index is 1.63. The average Bonchev–Trinajstić information content (AvgIpc) is 3.00. The Labute approximate surface area is 144 Å². The number of rotatable bonds is 4. The number of fused-ring (bicyclic) bond motifs is 1. The Morgan fingerprint density at radius 1 is 1.21 bits per heavy atom. The highest BCUT2D eigenvalue weighted by atomic mass is 35.5. The molecule has 0 aliphatic rings. The van der Waals surface area contributed by atoms with Gasteiger partial charge in [0.2, 0.25) is 0 Å². The predicted molar refractivity (Wildman–Crippen MR) is 94.3 cm³/mol. The molecule has 0 spiro atoms. The van der Waals surface area contributed by atoms with Crippen molar-refractivity contribution in [3.63, 3.8) is 0 Å². The maximum Gasteiger partial charge on any atom is 0.319 e. The largest absolute Gasteiger partial charge is 0.458 e. The molecular formula is C18H17ClN2O3. The van der Waals surface area contributed by atoms with Gasteiger partial charge in [0, 0.05) is 16.1 Å². The Morgan fingerprint density at radius 2 is 1.92 bits per heavy atom. The van der Waals surface area contributed by atoms with Crippen LogP contribution in [0.25, 0.3) is 11.0 Å². The number of amides is 2. The minimum absolute atomic E-state index is 0.00620. The van der Waals surface area contributed by atoms with Crippen LogP contribution < -0.4 is 10.6 Å². The highest BCUT2D eigenvalue weighted by molar-refractivity contribution is 6.30. The number of anilines is 1. The van der Waals surface area contributed by atoms with Crippen LogP contribution in [0.4, 0.5) is 10.5 Å². The van der Waals surface area contributed by atoms with Crippen LogP contribution in [0, 0.1) is 0 Å². The van der Waals surface area contributed by atoms with E-state index in [1.54, 1.807) is 37.3 Å². The summed E-state index contributed by atoms with van der Waals surface area (Å²) in [5, 5.41) is 17.4. The Bertz CT molecular complexity index is 823. The van der Waals surface area contributed by atoms with E-state index in [0.717, 1.165) is 5.39 Å². The molecule has 6 heteroatoms. The van der Waals surface area contributed by atoms with Gasteiger partial charge in [0.25, 0.3) is 0 Å². The molecular weight excluding hydrogens is 328 g/mol. The number of urea groups is 1. The van der Waals surface area contributed by atoms with E-state index in [1.807, 2.05) is 24.3 Å².